The second-order valence-corrected chi connectivity index (χ2v) is 12.0. The molecule has 1 fully saturated rings. The third-order valence-corrected chi connectivity index (χ3v) is 7.72. The molecule has 5 rings (SSSR count). The minimum atomic E-state index is -0.491. The summed E-state index contributed by atoms with van der Waals surface area (Å²) in [6.45, 7) is 10.0. The van der Waals surface area contributed by atoms with Crippen LogP contribution in [0.15, 0.2) is 49.1 Å². The minimum Gasteiger partial charge on any atom is -0.444 e. The zero-order chi connectivity index (χ0) is 26.9. The van der Waals surface area contributed by atoms with Gasteiger partial charge < -0.3 is 14.2 Å². The van der Waals surface area contributed by atoms with E-state index in [0.29, 0.717) is 19.0 Å². The van der Waals surface area contributed by atoms with E-state index in [4.69, 9.17) is 21.3 Å². The summed E-state index contributed by atoms with van der Waals surface area (Å²) in [6, 6.07) is 10.5. The number of nitrogens with zero attached hydrogens (tertiary/aromatic N) is 4. The van der Waals surface area contributed by atoms with E-state index in [1.807, 2.05) is 57.3 Å². The Labute approximate surface area is 230 Å². The van der Waals surface area contributed by atoms with E-state index in [1.54, 1.807) is 0 Å². The molecule has 3 aromatic rings. The molecule has 3 heterocycles. The molecule has 2 aliphatic rings. The van der Waals surface area contributed by atoms with Crippen LogP contribution in [-0.2, 0) is 11.3 Å². The van der Waals surface area contributed by atoms with Crippen LogP contribution in [0.3, 0.4) is 0 Å². The molecule has 200 valence electrons. The predicted molar refractivity (Wildman–Crippen MR) is 152 cm³/mol. The molecule has 1 aliphatic carbocycles. The van der Waals surface area contributed by atoms with Crippen molar-refractivity contribution in [1.29, 1.82) is 0 Å². The molecule has 1 atom stereocenters. The monoisotopic (exact) mass is 532 g/mol. The van der Waals surface area contributed by atoms with E-state index in [9.17, 15) is 4.79 Å². The highest BCUT2D eigenvalue weighted by atomic mass is 35.5. The average molecular weight is 533 g/mol. The second-order valence-electron chi connectivity index (χ2n) is 11.5. The number of pyridine rings is 1. The van der Waals surface area contributed by atoms with Gasteiger partial charge in [0.05, 0.1) is 17.7 Å². The van der Waals surface area contributed by atoms with Gasteiger partial charge >= 0.3 is 6.09 Å². The lowest BCUT2D eigenvalue weighted by Gasteiger charge is -2.37. The van der Waals surface area contributed by atoms with Crippen LogP contribution in [0.2, 0.25) is 5.02 Å². The normalized spacial score (nSPS) is 17.9. The quantitative estimate of drug-likeness (QED) is 0.344. The molecule has 0 spiro atoms. The third-order valence-electron chi connectivity index (χ3n) is 7.48. The predicted octanol–water partition coefficient (Wildman–Crippen LogP) is 7.35. The Morgan fingerprint density at radius 3 is 2.66 bits per heavy atom. The van der Waals surface area contributed by atoms with Crippen molar-refractivity contribution in [3.8, 4) is 0 Å². The molecule has 6 nitrogen and oxygen atoms in total. The van der Waals surface area contributed by atoms with E-state index in [0.717, 1.165) is 48.6 Å². The molecule has 1 aromatic carbocycles. The van der Waals surface area contributed by atoms with Gasteiger partial charge in [-0.05, 0) is 99.8 Å². The van der Waals surface area contributed by atoms with Crippen LogP contribution in [0.5, 0.6) is 0 Å². The van der Waals surface area contributed by atoms with Crippen molar-refractivity contribution >= 4 is 29.3 Å². The molecule has 7 heteroatoms. The maximum Gasteiger partial charge on any atom is 0.410 e. The number of aromatic nitrogens is 3. The van der Waals surface area contributed by atoms with Crippen molar-refractivity contribution in [1.82, 2.24) is 19.4 Å². The molecular weight excluding hydrogens is 496 g/mol. The summed E-state index contributed by atoms with van der Waals surface area (Å²) in [7, 11) is 0. The van der Waals surface area contributed by atoms with Crippen molar-refractivity contribution in [2.75, 3.05) is 13.1 Å². The number of carbonyl (C=O) groups excluding carboxylic acids is 1. The summed E-state index contributed by atoms with van der Waals surface area (Å²) in [5.74, 6) is 0.508. The maximum atomic E-state index is 12.7. The van der Waals surface area contributed by atoms with Gasteiger partial charge in [-0.2, -0.15) is 0 Å². The van der Waals surface area contributed by atoms with E-state index in [-0.39, 0.29) is 12.0 Å². The van der Waals surface area contributed by atoms with Crippen LogP contribution in [0.1, 0.15) is 80.5 Å². The molecule has 1 amide bonds. The second kappa shape index (κ2) is 10.9. The average Bonchev–Trinajstić information content (AvgIpc) is 3.23. The summed E-state index contributed by atoms with van der Waals surface area (Å²) >= 11 is 6.50. The van der Waals surface area contributed by atoms with Gasteiger partial charge in [-0.1, -0.05) is 29.8 Å². The minimum absolute atomic E-state index is 0.143. The van der Waals surface area contributed by atoms with Crippen LogP contribution in [0.4, 0.5) is 4.79 Å². The Balaban J connectivity index is 1.42. The first-order valence-electron chi connectivity index (χ1n) is 13.6. The number of halogens is 1. The van der Waals surface area contributed by atoms with E-state index in [1.165, 1.54) is 22.3 Å². The number of hydrogen-bond donors (Lipinski definition) is 0. The summed E-state index contributed by atoms with van der Waals surface area (Å²) in [4.78, 5) is 23.9. The topological polar surface area (TPSA) is 60.2 Å². The van der Waals surface area contributed by atoms with Crippen molar-refractivity contribution in [3.05, 3.63) is 82.2 Å². The number of allylic oxidation sites excluding steroid dienone is 1. The lowest BCUT2D eigenvalue weighted by Crippen LogP contribution is -2.42. The highest BCUT2D eigenvalue weighted by Crippen LogP contribution is 2.45. The number of fused-ring (bicyclic) bond motifs is 2. The van der Waals surface area contributed by atoms with Gasteiger partial charge in [0.2, 0.25) is 0 Å². The smallest absolute Gasteiger partial charge is 0.410 e. The highest BCUT2D eigenvalue weighted by molar-refractivity contribution is 6.30. The lowest BCUT2D eigenvalue weighted by atomic mass is 9.76. The molecule has 0 bridgehead atoms. The molecular formula is C31H37ClN4O2. The number of imidazole rings is 1. The Hall–Kier alpha value is -3.12. The molecule has 0 N–H and O–H groups in total. The van der Waals surface area contributed by atoms with Crippen LogP contribution in [-0.4, -0.2) is 44.2 Å². The Bertz CT molecular complexity index is 1330. The SMILES string of the molecule is Cc1cn(CCCC2=Cc3cc(Cl)ccc3C(C3CCN(C(=O)OC(C)(C)C)CC3)c3ncccc32)cn1. The van der Waals surface area contributed by atoms with Crippen LogP contribution in [0, 0.1) is 12.8 Å². The molecule has 1 aliphatic heterocycles. The zero-order valence-corrected chi connectivity index (χ0v) is 23.5. The number of carbonyl (C=O) groups is 1. The van der Waals surface area contributed by atoms with Gasteiger partial charge in [-0.3, -0.25) is 4.98 Å². The van der Waals surface area contributed by atoms with E-state index >= 15 is 0 Å². The number of hydrogen-bond acceptors (Lipinski definition) is 4. The fourth-order valence-corrected chi connectivity index (χ4v) is 5.96. The number of amides is 1. The first-order valence-corrected chi connectivity index (χ1v) is 14.0. The molecule has 1 saturated heterocycles. The van der Waals surface area contributed by atoms with Gasteiger partial charge in [-0.25, -0.2) is 9.78 Å². The number of likely N-dealkylation sites (tertiary alicyclic amines) is 1. The van der Waals surface area contributed by atoms with Crippen LogP contribution in [0.25, 0.3) is 11.6 Å². The van der Waals surface area contributed by atoms with Crippen molar-refractivity contribution < 1.29 is 9.53 Å². The van der Waals surface area contributed by atoms with Crippen LogP contribution < -0.4 is 0 Å². The Morgan fingerprint density at radius 2 is 1.95 bits per heavy atom. The standard InChI is InChI=1S/C31H37ClN4O2/c1-21-19-35(20-34-21)14-6-7-23-17-24-18-25(32)9-10-26(24)28(29-27(23)8-5-13-33-29)22-11-15-36(16-12-22)30(37)38-31(2,3)4/h5,8-10,13,17-20,22,28H,6-7,11-12,14-16H2,1-4H3. The third kappa shape index (κ3) is 5.96. The summed E-state index contributed by atoms with van der Waals surface area (Å²) < 4.78 is 7.79. The molecule has 2 aromatic heterocycles. The van der Waals surface area contributed by atoms with Gasteiger partial charge in [0.1, 0.15) is 5.60 Å². The van der Waals surface area contributed by atoms with Gasteiger partial charge in [0.15, 0.2) is 0 Å². The molecule has 0 radical (unpaired) electrons. The first-order chi connectivity index (χ1) is 18.2. The molecule has 0 saturated carbocycles. The number of rotatable bonds is 5. The maximum absolute atomic E-state index is 12.7. The van der Waals surface area contributed by atoms with Crippen LogP contribution >= 0.6 is 11.6 Å². The summed E-state index contributed by atoms with van der Waals surface area (Å²) in [6.07, 6.45) is 11.7. The molecule has 1 unspecified atom stereocenters. The van der Waals surface area contributed by atoms with Crippen molar-refractivity contribution in [2.45, 2.75) is 71.4 Å². The van der Waals surface area contributed by atoms with E-state index < -0.39 is 5.60 Å². The summed E-state index contributed by atoms with van der Waals surface area (Å²) in [5, 5.41) is 0.741. The summed E-state index contributed by atoms with van der Waals surface area (Å²) in [5.41, 5.74) is 6.64. The fraction of sp³-hybridized carbons (Fsp3) is 0.452. The fourth-order valence-electron chi connectivity index (χ4n) is 5.78. The molecule has 38 heavy (non-hydrogen) atoms. The number of piperidine rings is 1. The van der Waals surface area contributed by atoms with Gasteiger partial charge in [0, 0.05) is 43.0 Å². The first kappa shape index (κ1) is 26.5. The Morgan fingerprint density at radius 1 is 1.16 bits per heavy atom. The largest absolute Gasteiger partial charge is 0.444 e. The number of ether oxygens (including phenoxy) is 1. The van der Waals surface area contributed by atoms with Gasteiger partial charge in [-0.15, -0.1) is 0 Å². The van der Waals surface area contributed by atoms with Crippen molar-refractivity contribution in [3.63, 3.8) is 0 Å². The van der Waals surface area contributed by atoms with Gasteiger partial charge in [0.25, 0.3) is 0 Å². The van der Waals surface area contributed by atoms with Crippen molar-refractivity contribution in [2.24, 2.45) is 5.92 Å². The zero-order valence-electron chi connectivity index (χ0n) is 22.8. The number of benzene rings is 1. The van der Waals surface area contributed by atoms with E-state index in [2.05, 4.69) is 40.0 Å². The number of aryl methyl sites for hydroxylation is 2. The Kier molecular flexibility index (Phi) is 7.62. The lowest BCUT2D eigenvalue weighted by molar-refractivity contribution is 0.0178. The highest BCUT2D eigenvalue weighted by Gasteiger charge is 2.36.